The van der Waals surface area contributed by atoms with Crippen LogP contribution in [0, 0.1) is 5.41 Å². The SMILES string of the molecule is CN1C(=O)c2ccncc2C(N2CCN(c3ccc(NC(=O)C(C)(C)C)cc3Cl)CC2)c2ccccc21. The Kier molecular flexibility index (Phi) is 6.68. The second-order valence-electron chi connectivity index (χ2n) is 10.7. The number of carbonyl (C=O) groups excluding carboxylic acids is 2. The lowest BCUT2D eigenvalue weighted by Gasteiger charge is -2.41. The fourth-order valence-electron chi connectivity index (χ4n) is 5.08. The van der Waals surface area contributed by atoms with Crippen molar-refractivity contribution in [3.63, 3.8) is 0 Å². The highest BCUT2D eigenvalue weighted by atomic mass is 35.5. The van der Waals surface area contributed by atoms with Gasteiger partial charge in [0, 0.05) is 73.5 Å². The smallest absolute Gasteiger partial charge is 0.258 e. The standard InChI is InChI=1S/C29H32ClN5O2/c1-29(2,3)28(37)32-19-9-10-25(23(30)17-19)34-13-15-35(16-14-34)26-21-7-5-6-8-24(21)33(4)27(36)20-11-12-31-18-22(20)26/h5-12,17-18,26H,13-16H2,1-4H3,(H,32,37). The van der Waals surface area contributed by atoms with E-state index in [1.807, 2.05) is 76.5 Å². The number of pyridine rings is 1. The molecule has 5 rings (SSSR count). The van der Waals surface area contributed by atoms with Crippen LogP contribution in [-0.4, -0.2) is 54.9 Å². The highest BCUT2D eigenvalue weighted by Gasteiger charge is 2.35. The van der Waals surface area contributed by atoms with E-state index in [2.05, 4.69) is 26.2 Å². The van der Waals surface area contributed by atoms with Crippen molar-refractivity contribution < 1.29 is 9.59 Å². The maximum Gasteiger partial charge on any atom is 0.258 e. The van der Waals surface area contributed by atoms with Crippen molar-refractivity contribution in [2.24, 2.45) is 5.41 Å². The van der Waals surface area contributed by atoms with Gasteiger partial charge in [-0.1, -0.05) is 50.6 Å². The molecule has 1 N–H and O–H groups in total. The lowest BCUT2D eigenvalue weighted by molar-refractivity contribution is -0.123. The number of nitrogens with zero attached hydrogens (tertiary/aromatic N) is 4. The van der Waals surface area contributed by atoms with Gasteiger partial charge in [-0.05, 0) is 35.9 Å². The summed E-state index contributed by atoms with van der Waals surface area (Å²) in [4.78, 5) is 36.5. The van der Waals surface area contributed by atoms with Crippen LogP contribution in [0.3, 0.4) is 0 Å². The molecular weight excluding hydrogens is 486 g/mol. The Morgan fingerprint density at radius 3 is 2.43 bits per heavy atom. The molecule has 1 aromatic heterocycles. The van der Waals surface area contributed by atoms with Gasteiger partial charge in [0.15, 0.2) is 0 Å². The minimum Gasteiger partial charge on any atom is -0.368 e. The first-order valence-corrected chi connectivity index (χ1v) is 12.9. The summed E-state index contributed by atoms with van der Waals surface area (Å²) in [6, 6.07) is 15.6. The second kappa shape index (κ2) is 9.80. The van der Waals surface area contributed by atoms with Crippen LogP contribution in [0.4, 0.5) is 17.1 Å². The summed E-state index contributed by atoms with van der Waals surface area (Å²) >= 11 is 6.68. The number of rotatable bonds is 3. The number of amides is 2. The summed E-state index contributed by atoms with van der Waals surface area (Å²) < 4.78 is 0. The van der Waals surface area contributed by atoms with E-state index >= 15 is 0 Å². The molecule has 2 aromatic carbocycles. The number of aromatic nitrogens is 1. The summed E-state index contributed by atoms with van der Waals surface area (Å²) in [7, 11) is 1.83. The Balaban J connectivity index is 1.38. The molecule has 0 spiro atoms. The number of para-hydroxylation sites is 1. The molecule has 37 heavy (non-hydrogen) atoms. The van der Waals surface area contributed by atoms with Gasteiger partial charge >= 0.3 is 0 Å². The number of fused-ring (bicyclic) bond motifs is 2. The third-order valence-electron chi connectivity index (χ3n) is 7.18. The number of nitrogens with one attached hydrogen (secondary N) is 1. The summed E-state index contributed by atoms with van der Waals surface area (Å²) in [5.74, 6) is -0.0658. The Morgan fingerprint density at radius 1 is 1.00 bits per heavy atom. The van der Waals surface area contributed by atoms with Crippen LogP contribution in [0.5, 0.6) is 0 Å². The number of halogens is 1. The fourth-order valence-corrected chi connectivity index (χ4v) is 5.38. The van der Waals surface area contributed by atoms with Gasteiger partial charge in [-0.25, -0.2) is 0 Å². The summed E-state index contributed by atoms with van der Waals surface area (Å²) in [6.07, 6.45) is 3.52. The molecule has 3 heterocycles. The van der Waals surface area contributed by atoms with E-state index in [-0.39, 0.29) is 17.9 Å². The number of piperazine rings is 1. The Labute approximate surface area is 223 Å². The molecule has 1 unspecified atom stereocenters. The molecule has 8 heteroatoms. The molecule has 0 aliphatic carbocycles. The molecule has 0 radical (unpaired) electrons. The number of carbonyl (C=O) groups is 2. The van der Waals surface area contributed by atoms with Crippen molar-refractivity contribution >= 4 is 40.5 Å². The number of benzene rings is 2. The van der Waals surface area contributed by atoms with Crippen molar-refractivity contribution in [3.8, 4) is 0 Å². The second-order valence-corrected chi connectivity index (χ2v) is 11.1. The molecule has 0 saturated carbocycles. The Morgan fingerprint density at radius 2 is 1.73 bits per heavy atom. The molecule has 0 bridgehead atoms. The minimum absolute atomic E-state index is 0.0172. The van der Waals surface area contributed by atoms with E-state index in [0.717, 1.165) is 48.7 Å². The van der Waals surface area contributed by atoms with Crippen LogP contribution >= 0.6 is 11.6 Å². The molecule has 1 atom stereocenters. The maximum atomic E-state index is 13.3. The van der Waals surface area contributed by atoms with E-state index in [1.165, 1.54) is 0 Å². The van der Waals surface area contributed by atoms with Gasteiger partial charge in [0.2, 0.25) is 5.91 Å². The molecule has 3 aromatic rings. The average Bonchev–Trinajstić information content (AvgIpc) is 2.97. The van der Waals surface area contributed by atoms with Gasteiger partial charge < -0.3 is 15.1 Å². The summed E-state index contributed by atoms with van der Waals surface area (Å²) in [5, 5.41) is 3.56. The summed E-state index contributed by atoms with van der Waals surface area (Å²) in [6.45, 7) is 8.80. The third-order valence-corrected chi connectivity index (χ3v) is 7.48. The number of hydrogen-bond donors (Lipinski definition) is 1. The molecule has 1 fully saturated rings. The molecule has 7 nitrogen and oxygen atoms in total. The van der Waals surface area contributed by atoms with Crippen LogP contribution in [-0.2, 0) is 4.79 Å². The number of anilines is 3. The van der Waals surface area contributed by atoms with Gasteiger partial charge in [-0.2, -0.15) is 0 Å². The van der Waals surface area contributed by atoms with Gasteiger partial charge in [0.1, 0.15) is 0 Å². The van der Waals surface area contributed by atoms with E-state index in [1.54, 1.807) is 11.1 Å². The predicted molar refractivity (Wildman–Crippen MR) is 149 cm³/mol. The molecule has 1 saturated heterocycles. The highest BCUT2D eigenvalue weighted by molar-refractivity contribution is 6.33. The van der Waals surface area contributed by atoms with Crippen LogP contribution in [0.25, 0.3) is 0 Å². The molecule has 2 amide bonds. The first-order chi connectivity index (χ1) is 17.6. The minimum atomic E-state index is -0.481. The topological polar surface area (TPSA) is 68.8 Å². The zero-order valence-corrected chi connectivity index (χ0v) is 22.4. The largest absolute Gasteiger partial charge is 0.368 e. The lowest BCUT2D eigenvalue weighted by Crippen LogP contribution is -2.48. The Bertz CT molecular complexity index is 1340. The molecular formula is C29H32ClN5O2. The first kappa shape index (κ1) is 25.2. The van der Waals surface area contributed by atoms with Crippen molar-refractivity contribution in [1.29, 1.82) is 0 Å². The van der Waals surface area contributed by atoms with Gasteiger partial charge in [-0.3, -0.25) is 19.5 Å². The van der Waals surface area contributed by atoms with E-state index in [0.29, 0.717) is 16.3 Å². The predicted octanol–water partition coefficient (Wildman–Crippen LogP) is 5.22. The normalized spacial score (nSPS) is 18.2. The third kappa shape index (κ3) is 4.81. The lowest BCUT2D eigenvalue weighted by atomic mass is 9.94. The van der Waals surface area contributed by atoms with Crippen molar-refractivity contribution in [2.45, 2.75) is 26.8 Å². The first-order valence-electron chi connectivity index (χ1n) is 12.6. The van der Waals surface area contributed by atoms with E-state index in [4.69, 9.17) is 11.6 Å². The Hall–Kier alpha value is -3.42. The van der Waals surface area contributed by atoms with Crippen LogP contribution in [0.1, 0.15) is 48.3 Å². The number of hydrogen-bond acceptors (Lipinski definition) is 5. The molecule has 192 valence electrons. The van der Waals surface area contributed by atoms with Crippen molar-refractivity contribution in [1.82, 2.24) is 9.88 Å². The van der Waals surface area contributed by atoms with Crippen molar-refractivity contribution in [3.05, 3.63) is 82.6 Å². The van der Waals surface area contributed by atoms with E-state index in [9.17, 15) is 9.59 Å². The van der Waals surface area contributed by atoms with Crippen LogP contribution < -0.4 is 15.1 Å². The van der Waals surface area contributed by atoms with Crippen LogP contribution in [0.15, 0.2) is 60.9 Å². The fraction of sp³-hybridized carbons (Fsp3) is 0.345. The monoisotopic (exact) mass is 517 g/mol. The van der Waals surface area contributed by atoms with Gasteiger partial charge in [-0.15, -0.1) is 0 Å². The van der Waals surface area contributed by atoms with Crippen molar-refractivity contribution in [2.75, 3.05) is 48.3 Å². The molecule has 2 aliphatic rings. The average molecular weight is 518 g/mol. The zero-order chi connectivity index (χ0) is 26.3. The van der Waals surface area contributed by atoms with Gasteiger partial charge in [0.05, 0.1) is 16.8 Å². The quantitative estimate of drug-likeness (QED) is 0.516. The highest BCUT2D eigenvalue weighted by Crippen LogP contribution is 2.40. The molecule has 2 aliphatic heterocycles. The van der Waals surface area contributed by atoms with Gasteiger partial charge in [0.25, 0.3) is 5.91 Å². The van der Waals surface area contributed by atoms with E-state index < -0.39 is 5.41 Å². The summed E-state index contributed by atoms with van der Waals surface area (Å²) in [5.41, 5.74) is 4.83. The van der Waals surface area contributed by atoms with Crippen LogP contribution in [0.2, 0.25) is 5.02 Å². The zero-order valence-electron chi connectivity index (χ0n) is 21.7. The maximum absolute atomic E-state index is 13.3.